The lowest BCUT2D eigenvalue weighted by Gasteiger charge is -2.06. The number of hydrogen-bond donors (Lipinski definition) is 1. The molecule has 0 spiro atoms. The molecule has 1 aliphatic rings. The predicted octanol–water partition coefficient (Wildman–Crippen LogP) is 1.96. The molecule has 1 aromatic rings. The van der Waals surface area contributed by atoms with Gasteiger partial charge in [-0.15, -0.1) is 0 Å². The monoisotopic (exact) mass is 150 g/mol. The number of pyridine rings is 1. The summed E-state index contributed by atoms with van der Waals surface area (Å²) in [6.07, 6.45) is 4.27. The van der Waals surface area contributed by atoms with Crippen LogP contribution >= 0.6 is 0 Å². The van der Waals surface area contributed by atoms with Gasteiger partial charge in [-0.3, -0.25) is 4.98 Å². The van der Waals surface area contributed by atoms with Crippen LogP contribution in [-0.2, 0) is 5.41 Å². The molecule has 0 aliphatic heterocycles. The van der Waals surface area contributed by atoms with Gasteiger partial charge in [0.25, 0.3) is 0 Å². The van der Waals surface area contributed by atoms with Crippen LogP contribution in [0.3, 0.4) is 0 Å². The zero-order chi connectivity index (χ0) is 7.90. The van der Waals surface area contributed by atoms with Crippen LogP contribution in [-0.4, -0.2) is 4.98 Å². The van der Waals surface area contributed by atoms with E-state index in [1.54, 1.807) is 6.20 Å². The molecule has 11 heavy (non-hydrogen) atoms. The number of anilines is 1. The van der Waals surface area contributed by atoms with Crippen LogP contribution in [0.1, 0.15) is 26.9 Å². The van der Waals surface area contributed by atoms with Crippen LogP contribution in [0.5, 0.6) is 0 Å². The van der Waals surface area contributed by atoms with Crippen molar-refractivity contribution in [2.75, 3.05) is 5.73 Å². The van der Waals surface area contributed by atoms with Crippen molar-refractivity contribution in [1.82, 2.24) is 4.98 Å². The highest BCUT2D eigenvalue weighted by Gasteiger charge is 2.40. The van der Waals surface area contributed by atoms with Gasteiger partial charge in [-0.25, -0.2) is 0 Å². The highest BCUT2D eigenvalue weighted by molar-refractivity contribution is 5.37. The largest absolute Gasteiger partial charge is 0.397 e. The van der Waals surface area contributed by atoms with Crippen LogP contribution in [0.2, 0.25) is 0 Å². The van der Waals surface area contributed by atoms with Crippen molar-refractivity contribution in [2.45, 2.75) is 25.2 Å². The maximum absolute atomic E-state index is 5.53. The predicted molar refractivity (Wildman–Crippen MR) is 47.3 cm³/mol. The number of nitrogens with zero attached hydrogens (tertiary/aromatic N) is 1. The summed E-state index contributed by atoms with van der Waals surface area (Å²) in [6.45, 7) is 2.24. The van der Waals surface area contributed by atoms with Crippen LogP contribution < -0.4 is 5.73 Å². The van der Waals surface area contributed by atoms with Gasteiger partial charge in [0.2, 0.25) is 0 Å². The first-order chi connectivity index (χ1) is 5.21. The quantitative estimate of drug-likeness (QED) is 0.664. The fraction of sp³-hybridized carbons (Fsp3) is 0.444. The normalized spacial score (nSPS) is 19.7. The van der Waals surface area contributed by atoms with Crippen molar-refractivity contribution in [3.63, 3.8) is 0 Å². The highest BCUT2D eigenvalue weighted by atomic mass is 14.8. The summed E-state index contributed by atoms with van der Waals surface area (Å²) in [5.41, 5.74) is 7.83. The average molecular weight is 150 g/mol. The van der Waals surface area contributed by atoms with Crippen molar-refractivity contribution < 1.29 is 1.43 Å². The van der Waals surface area contributed by atoms with Crippen molar-refractivity contribution in [3.05, 3.63) is 24.0 Å². The summed E-state index contributed by atoms with van der Waals surface area (Å²) in [5.74, 6) is 0. The third-order valence-corrected chi connectivity index (χ3v) is 2.40. The number of nitrogens with two attached hydrogens (primary N) is 1. The number of hydrogen-bond acceptors (Lipinski definition) is 2. The van der Waals surface area contributed by atoms with E-state index in [2.05, 4.69) is 11.9 Å². The van der Waals surface area contributed by atoms with E-state index in [0.29, 0.717) is 5.41 Å². The third-order valence-electron chi connectivity index (χ3n) is 2.40. The van der Waals surface area contributed by atoms with Gasteiger partial charge >= 0.3 is 0 Å². The molecule has 2 nitrogen and oxygen atoms in total. The first-order valence-electron chi connectivity index (χ1n) is 3.93. The highest BCUT2D eigenvalue weighted by Crippen LogP contribution is 2.46. The molecule has 0 bridgehead atoms. The van der Waals surface area contributed by atoms with Crippen molar-refractivity contribution >= 4 is 5.69 Å². The van der Waals surface area contributed by atoms with E-state index in [9.17, 15) is 0 Å². The zero-order valence-corrected chi connectivity index (χ0v) is 6.67. The molecule has 1 heterocycles. The lowest BCUT2D eigenvalue weighted by atomic mass is 10.1. The molecule has 1 saturated carbocycles. The van der Waals surface area contributed by atoms with Crippen LogP contribution in [0.15, 0.2) is 18.3 Å². The van der Waals surface area contributed by atoms with Gasteiger partial charge in [0.1, 0.15) is 0 Å². The number of rotatable bonds is 1. The third kappa shape index (κ3) is 1.09. The Morgan fingerprint density at radius 1 is 1.55 bits per heavy atom. The van der Waals surface area contributed by atoms with Gasteiger partial charge in [-0.05, 0) is 25.0 Å². The van der Waals surface area contributed by atoms with Crippen molar-refractivity contribution in [1.29, 1.82) is 0 Å². The number of nitrogen functional groups attached to an aromatic ring is 1. The molecule has 0 atom stereocenters. The summed E-state index contributed by atoms with van der Waals surface area (Å²) in [5, 5.41) is 0. The Balaban J connectivity index is 0.000000720. The maximum atomic E-state index is 5.53. The summed E-state index contributed by atoms with van der Waals surface area (Å²) in [7, 11) is 0. The fourth-order valence-electron chi connectivity index (χ4n) is 1.21. The molecule has 0 amide bonds. The summed E-state index contributed by atoms with van der Waals surface area (Å²) < 4.78 is 0. The minimum Gasteiger partial charge on any atom is -0.397 e. The second-order valence-corrected chi connectivity index (χ2v) is 3.54. The van der Waals surface area contributed by atoms with Gasteiger partial charge in [0, 0.05) is 12.5 Å². The lowest BCUT2D eigenvalue weighted by Crippen LogP contribution is -2.02. The minimum atomic E-state index is 0. The van der Waals surface area contributed by atoms with E-state index in [-0.39, 0.29) is 1.43 Å². The molecular weight excluding hydrogens is 136 g/mol. The van der Waals surface area contributed by atoms with E-state index in [1.807, 2.05) is 12.1 Å². The van der Waals surface area contributed by atoms with Gasteiger partial charge in [0.15, 0.2) is 0 Å². The van der Waals surface area contributed by atoms with Crippen LogP contribution in [0.4, 0.5) is 5.69 Å². The molecule has 1 aliphatic carbocycles. The summed E-state index contributed by atoms with van der Waals surface area (Å²) in [4.78, 5) is 4.29. The molecule has 2 heteroatoms. The summed E-state index contributed by atoms with van der Waals surface area (Å²) >= 11 is 0. The molecule has 0 saturated heterocycles. The van der Waals surface area contributed by atoms with Crippen LogP contribution in [0.25, 0.3) is 0 Å². The second-order valence-electron chi connectivity index (χ2n) is 3.54. The minimum absolute atomic E-state index is 0. The Labute approximate surface area is 67.9 Å². The topological polar surface area (TPSA) is 38.9 Å². The molecule has 0 radical (unpaired) electrons. The SMILES string of the molecule is CC1(c2ccc(N)cn2)CC1.[HH]. The van der Waals surface area contributed by atoms with Crippen LogP contribution in [0, 0.1) is 0 Å². The maximum Gasteiger partial charge on any atom is 0.0501 e. The van der Waals surface area contributed by atoms with Crippen molar-refractivity contribution in [2.24, 2.45) is 0 Å². The molecular formula is C9H14N2. The number of aromatic nitrogens is 1. The lowest BCUT2D eigenvalue weighted by molar-refractivity contribution is 0.751. The summed E-state index contributed by atoms with van der Waals surface area (Å²) in [6, 6.07) is 3.95. The molecule has 2 rings (SSSR count). The van der Waals surface area contributed by atoms with Gasteiger partial charge < -0.3 is 5.73 Å². The zero-order valence-electron chi connectivity index (χ0n) is 6.67. The van der Waals surface area contributed by atoms with Gasteiger partial charge in [-0.1, -0.05) is 6.92 Å². The van der Waals surface area contributed by atoms with E-state index >= 15 is 0 Å². The van der Waals surface area contributed by atoms with Crippen molar-refractivity contribution in [3.8, 4) is 0 Å². The standard InChI is InChI=1S/C9H12N2.H2/c1-9(4-5-9)8-3-2-7(10)6-11-8;/h2-3,6H,4-5,10H2,1H3;1H. The fourth-order valence-corrected chi connectivity index (χ4v) is 1.21. The Kier molecular flexibility index (Phi) is 1.19. The molecule has 2 N–H and O–H groups in total. The molecule has 1 aromatic heterocycles. The Morgan fingerprint density at radius 2 is 2.27 bits per heavy atom. The Hall–Kier alpha value is -1.05. The molecule has 0 aromatic carbocycles. The Morgan fingerprint density at radius 3 is 2.73 bits per heavy atom. The average Bonchev–Trinajstić information content (AvgIpc) is 2.70. The Bertz CT molecular complexity index is 264. The first-order valence-corrected chi connectivity index (χ1v) is 3.93. The molecule has 0 unspecified atom stereocenters. The van der Waals surface area contributed by atoms with E-state index in [4.69, 9.17) is 5.73 Å². The smallest absolute Gasteiger partial charge is 0.0501 e. The first kappa shape index (κ1) is 6.65. The van der Waals surface area contributed by atoms with E-state index < -0.39 is 0 Å². The van der Waals surface area contributed by atoms with Gasteiger partial charge in [-0.2, -0.15) is 0 Å². The molecule has 60 valence electrons. The second kappa shape index (κ2) is 1.97. The van der Waals surface area contributed by atoms with E-state index in [1.165, 1.54) is 18.5 Å². The van der Waals surface area contributed by atoms with Gasteiger partial charge in [0.05, 0.1) is 11.9 Å². The molecule has 1 fully saturated rings. The van der Waals surface area contributed by atoms with E-state index in [0.717, 1.165) is 5.69 Å².